The summed E-state index contributed by atoms with van der Waals surface area (Å²) in [6.07, 6.45) is 1.25. The minimum absolute atomic E-state index is 0.631. The van der Waals surface area contributed by atoms with Crippen LogP contribution in [0, 0.1) is 0 Å². The van der Waals surface area contributed by atoms with E-state index in [2.05, 4.69) is 13.8 Å². The molecule has 0 atom stereocenters. The van der Waals surface area contributed by atoms with Gasteiger partial charge in [0.25, 0.3) is 0 Å². The second-order valence-electron chi connectivity index (χ2n) is 3.88. The fourth-order valence-corrected chi connectivity index (χ4v) is 1.45. The summed E-state index contributed by atoms with van der Waals surface area (Å²) in [5.41, 5.74) is 15.0. The van der Waals surface area contributed by atoms with Crippen LogP contribution in [0.25, 0.3) is 11.1 Å². The van der Waals surface area contributed by atoms with Gasteiger partial charge in [-0.2, -0.15) is 0 Å². The van der Waals surface area contributed by atoms with Crippen molar-refractivity contribution in [2.45, 2.75) is 20.3 Å². The van der Waals surface area contributed by atoms with E-state index in [1.807, 2.05) is 48.5 Å². The molecule has 2 nitrogen and oxygen atoms in total. The number of rotatable bonds is 1. The van der Waals surface area contributed by atoms with E-state index >= 15 is 0 Å². The topological polar surface area (TPSA) is 52.0 Å². The van der Waals surface area contributed by atoms with Crippen LogP contribution in [-0.4, -0.2) is 0 Å². The zero-order valence-electron chi connectivity index (χ0n) is 10.5. The summed E-state index contributed by atoms with van der Waals surface area (Å²) < 4.78 is 0. The van der Waals surface area contributed by atoms with E-state index in [1.54, 1.807) is 0 Å². The van der Waals surface area contributed by atoms with E-state index in [4.69, 9.17) is 11.5 Å². The third kappa shape index (κ3) is 3.52. The number of hydrogen-bond donors (Lipinski definition) is 2. The highest BCUT2D eigenvalue weighted by atomic mass is 14.7. The summed E-state index contributed by atoms with van der Waals surface area (Å²) in [5, 5.41) is 0. The van der Waals surface area contributed by atoms with Crippen molar-refractivity contribution in [3.8, 4) is 11.1 Å². The Kier molecular flexibility index (Phi) is 5.08. The zero-order chi connectivity index (χ0) is 12.7. The smallest absolute Gasteiger partial charge is 0.0627 e. The standard InChI is InChI=1S/C12H12N2.C3H8/c13-11-8-4-7-10(12(11)14)9-5-2-1-3-6-9;1-3-2/h1-8H,13-14H2;3H2,1-2H3. The van der Waals surface area contributed by atoms with Gasteiger partial charge in [0, 0.05) is 5.56 Å². The first-order valence-electron chi connectivity index (χ1n) is 5.90. The van der Waals surface area contributed by atoms with Crippen LogP contribution >= 0.6 is 0 Å². The Morgan fingerprint density at radius 3 is 2.00 bits per heavy atom. The Morgan fingerprint density at radius 1 is 0.824 bits per heavy atom. The lowest BCUT2D eigenvalue weighted by molar-refractivity contribution is 1.09. The average Bonchev–Trinajstić information content (AvgIpc) is 2.35. The summed E-state index contributed by atoms with van der Waals surface area (Å²) in [6, 6.07) is 15.7. The number of benzene rings is 2. The molecule has 4 N–H and O–H groups in total. The second-order valence-corrected chi connectivity index (χ2v) is 3.88. The largest absolute Gasteiger partial charge is 0.397 e. The van der Waals surface area contributed by atoms with Gasteiger partial charge >= 0.3 is 0 Å². The number of para-hydroxylation sites is 1. The number of nitrogens with two attached hydrogens (primary N) is 2. The highest BCUT2D eigenvalue weighted by Gasteiger charge is 2.03. The molecule has 0 heterocycles. The van der Waals surface area contributed by atoms with Crippen molar-refractivity contribution in [1.82, 2.24) is 0 Å². The Bertz CT molecular complexity index is 450. The molecule has 0 amide bonds. The van der Waals surface area contributed by atoms with Crippen molar-refractivity contribution in [3.05, 3.63) is 48.5 Å². The molecule has 17 heavy (non-hydrogen) atoms. The Morgan fingerprint density at radius 2 is 1.41 bits per heavy atom. The maximum atomic E-state index is 5.89. The van der Waals surface area contributed by atoms with Crippen molar-refractivity contribution in [3.63, 3.8) is 0 Å². The van der Waals surface area contributed by atoms with E-state index in [0.29, 0.717) is 11.4 Å². The van der Waals surface area contributed by atoms with Crippen molar-refractivity contribution in [1.29, 1.82) is 0 Å². The number of nitrogen functional groups attached to an aromatic ring is 2. The fraction of sp³-hybridized carbons (Fsp3) is 0.200. The fourth-order valence-electron chi connectivity index (χ4n) is 1.45. The predicted molar refractivity (Wildman–Crippen MR) is 76.7 cm³/mol. The maximum absolute atomic E-state index is 5.89. The van der Waals surface area contributed by atoms with Crippen LogP contribution in [0.1, 0.15) is 20.3 Å². The zero-order valence-corrected chi connectivity index (χ0v) is 10.5. The lowest BCUT2D eigenvalue weighted by Gasteiger charge is -2.07. The number of anilines is 2. The molecule has 2 aromatic carbocycles. The van der Waals surface area contributed by atoms with Crippen LogP contribution in [0.2, 0.25) is 0 Å². The van der Waals surface area contributed by atoms with E-state index in [0.717, 1.165) is 11.1 Å². The number of hydrogen-bond acceptors (Lipinski definition) is 2. The van der Waals surface area contributed by atoms with Gasteiger partial charge < -0.3 is 11.5 Å². The summed E-state index contributed by atoms with van der Waals surface area (Å²) in [4.78, 5) is 0. The van der Waals surface area contributed by atoms with Crippen LogP contribution in [0.15, 0.2) is 48.5 Å². The molecule has 0 radical (unpaired) electrons. The molecule has 2 heteroatoms. The molecule has 0 aliphatic rings. The van der Waals surface area contributed by atoms with Crippen LogP contribution in [-0.2, 0) is 0 Å². The Hall–Kier alpha value is -1.96. The second kappa shape index (κ2) is 6.59. The van der Waals surface area contributed by atoms with E-state index in [-0.39, 0.29) is 0 Å². The average molecular weight is 228 g/mol. The molecule has 0 unspecified atom stereocenters. The van der Waals surface area contributed by atoms with Gasteiger partial charge in [-0.3, -0.25) is 0 Å². The first kappa shape index (κ1) is 13.1. The first-order chi connectivity index (χ1) is 8.20. The van der Waals surface area contributed by atoms with Gasteiger partial charge in [-0.1, -0.05) is 62.7 Å². The molecule has 0 saturated heterocycles. The molecule has 0 saturated carbocycles. The minimum Gasteiger partial charge on any atom is -0.397 e. The van der Waals surface area contributed by atoms with E-state index < -0.39 is 0 Å². The Labute approximate surface area is 103 Å². The molecule has 0 spiro atoms. The highest BCUT2D eigenvalue weighted by molar-refractivity contribution is 5.84. The van der Waals surface area contributed by atoms with Crippen LogP contribution in [0.5, 0.6) is 0 Å². The summed E-state index contributed by atoms with van der Waals surface area (Å²) >= 11 is 0. The molecule has 2 aromatic rings. The molecular formula is C15H20N2. The third-order valence-electron chi connectivity index (χ3n) is 2.22. The van der Waals surface area contributed by atoms with Gasteiger partial charge in [-0.15, -0.1) is 0 Å². The van der Waals surface area contributed by atoms with Gasteiger partial charge in [-0.25, -0.2) is 0 Å². The summed E-state index contributed by atoms with van der Waals surface area (Å²) in [7, 11) is 0. The molecule has 0 bridgehead atoms. The van der Waals surface area contributed by atoms with Gasteiger partial charge in [0.05, 0.1) is 11.4 Å². The molecule has 0 aliphatic carbocycles. The van der Waals surface area contributed by atoms with Gasteiger partial charge in [0.2, 0.25) is 0 Å². The van der Waals surface area contributed by atoms with E-state index in [1.165, 1.54) is 6.42 Å². The monoisotopic (exact) mass is 228 g/mol. The predicted octanol–water partition coefficient (Wildman–Crippen LogP) is 3.93. The van der Waals surface area contributed by atoms with E-state index in [9.17, 15) is 0 Å². The minimum atomic E-state index is 0.631. The first-order valence-corrected chi connectivity index (χ1v) is 5.90. The van der Waals surface area contributed by atoms with Gasteiger partial charge in [0.1, 0.15) is 0 Å². The normalized spacial score (nSPS) is 9.29. The van der Waals surface area contributed by atoms with Gasteiger partial charge in [0.15, 0.2) is 0 Å². The van der Waals surface area contributed by atoms with Crippen LogP contribution in [0.3, 0.4) is 0 Å². The lowest BCUT2D eigenvalue weighted by Crippen LogP contribution is -1.96. The summed E-state index contributed by atoms with van der Waals surface area (Å²) in [6.45, 7) is 4.25. The highest BCUT2D eigenvalue weighted by Crippen LogP contribution is 2.29. The molecule has 90 valence electrons. The van der Waals surface area contributed by atoms with Crippen LogP contribution in [0.4, 0.5) is 11.4 Å². The van der Waals surface area contributed by atoms with Crippen molar-refractivity contribution < 1.29 is 0 Å². The quantitative estimate of drug-likeness (QED) is 0.726. The van der Waals surface area contributed by atoms with Gasteiger partial charge in [-0.05, 0) is 11.6 Å². The third-order valence-corrected chi connectivity index (χ3v) is 2.22. The SMILES string of the molecule is CCC.Nc1cccc(-c2ccccc2)c1N. The maximum Gasteiger partial charge on any atom is 0.0627 e. The summed E-state index contributed by atoms with van der Waals surface area (Å²) in [5.74, 6) is 0. The molecule has 0 aliphatic heterocycles. The van der Waals surface area contributed by atoms with Crippen molar-refractivity contribution in [2.75, 3.05) is 11.5 Å². The van der Waals surface area contributed by atoms with Crippen molar-refractivity contribution >= 4 is 11.4 Å². The Balaban J connectivity index is 0.000000437. The molecule has 0 aromatic heterocycles. The lowest BCUT2D eigenvalue weighted by atomic mass is 10.0. The molecule has 0 fully saturated rings. The van der Waals surface area contributed by atoms with Crippen molar-refractivity contribution in [2.24, 2.45) is 0 Å². The van der Waals surface area contributed by atoms with Crippen LogP contribution < -0.4 is 11.5 Å². The molecule has 2 rings (SSSR count). The molecular weight excluding hydrogens is 208 g/mol.